The fourth-order valence-corrected chi connectivity index (χ4v) is 2.06. The molecule has 3 aromatic rings. The molecular formula is C13H14N4O2. The monoisotopic (exact) mass is 258 g/mol. The molecule has 3 aromatic heterocycles. The predicted octanol–water partition coefficient (Wildman–Crippen LogP) is 0.904. The third-order valence-electron chi connectivity index (χ3n) is 2.97. The van der Waals surface area contributed by atoms with E-state index in [2.05, 4.69) is 5.10 Å². The number of aryl methyl sites for hydroxylation is 1. The third kappa shape index (κ3) is 2.06. The molecule has 19 heavy (non-hydrogen) atoms. The van der Waals surface area contributed by atoms with Crippen LogP contribution in [0.1, 0.15) is 17.2 Å². The van der Waals surface area contributed by atoms with E-state index < -0.39 is 0 Å². The van der Waals surface area contributed by atoms with Gasteiger partial charge < -0.3 is 14.7 Å². The summed E-state index contributed by atoms with van der Waals surface area (Å²) in [5, 5.41) is 4.20. The first kappa shape index (κ1) is 11.7. The fourth-order valence-electron chi connectivity index (χ4n) is 2.06. The van der Waals surface area contributed by atoms with Crippen LogP contribution >= 0.6 is 0 Å². The van der Waals surface area contributed by atoms with Crippen molar-refractivity contribution in [2.24, 2.45) is 5.73 Å². The maximum atomic E-state index is 12.3. The van der Waals surface area contributed by atoms with E-state index in [4.69, 9.17) is 10.2 Å². The van der Waals surface area contributed by atoms with Crippen LogP contribution < -0.4 is 11.3 Å². The van der Waals surface area contributed by atoms with Gasteiger partial charge >= 0.3 is 0 Å². The van der Waals surface area contributed by atoms with Gasteiger partial charge in [-0.2, -0.15) is 5.10 Å². The van der Waals surface area contributed by atoms with E-state index in [1.54, 1.807) is 27.5 Å². The van der Waals surface area contributed by atoms with Crippen molar-refractivity contribution in [3.05, 3.63) is 58.2 Å². The molecule has 0 atom stereocenters. The van der Waals surface area contributed by atoms with Crippen LogP contribution in [0, 0.1) is 6.92 Å². The molecule has 0 saturated carbocycles. The van der Waals surface area contributed by atoms with Crippen molar-refractivity contribution in [1.82, 2.24) is 14.2 Å². The average Bonchev–Trinajstić information content (AvgIpc) is 2.99. The number of rotatable bonds is 3. The van der Waals surface area contributed by atoms with Crippen LogP contribution in [0.4, 0.5) is 0 Å². The Morgan fingerprint density at radius 1 is 1.32 bits per heavy atom. The predicted molar refractivity (Wildman–Crippen MR) is 69.9 cm³/mol. The van der Waals surface area contributed by atoms with Crippen LogP contribution in [0.25, 0.3) is 5.52 Å². The van der Waals surface area contributed by atoms with Crippen LogP contribution in [-0.4, -0.2) is 14.2 Å². The van der Waals surface area contributed by atoms with Gasteiger partial charge in [-0.1, -0.05) is 0 Å². The molecule has 3 heterocycles. The van der Waals surface area contributed by atoms with E-state index in [9.17, 15) is 4.79 Å². The van der Waals surface area contributed by atoms with Gasteiger partial charge in [0.05, 0.1) is 18.8 Å². The highest BCUT2D eigenvalue weighted by molar-refractivity contribution is 5.44. The first-order chi connectivity index (χ1) is 9.17. The summed E-state index contributed by atoms with van der Waals surface area (Å²) in [6.07, 6.45) is 3.46. The molecule has 3 rings (SSSR count). The van der Waals surface area contributed by atoms with Gasteiger partial charge in [-0.05, 0) is 25.1 Å². The van der Waals surface area contributed by atoms with E-state index in [1.807, 2.05) is 19.1 Å². The van der Waals surface area contributed by atoms with Crippen molar-refractivity contribution in [3.8, 4) is 0 Å². The van der Waals surface area contributed by atoms with Crippen molar-refractivity contribution in [3.63, 3.8) is 0 Å². The van der Waals surface area contributed by atoms with Gasteiger partial charge in [0.1, 0.15) is 17.0 Å². The van der Waals surface area contributed by atoms with Crippen molar-refractivity contribution < 1.29 is 4.42 Å². The number of hydrogen-bond acceptors (Lipinski definition) is 4. The van der Waals surface area contributed by atoms with Crippen molar-refractivity contribution in [2.75, 3.05) is 0 Å². The highest BCUT2D eigenvalue weighted by atomic mass is 16.3. The van der Waals surface area contributed by atoms with Gasteiger partial charge in [-0.3, -0.25) is 4.79 Å². The lowest BCUT2D eigenvalue weighted by Crippen LogP contribution is -2.21. The van der Waals surface area contributed by atoms with E-state index in [1.165, 1.54) is 0 Å². The summed E-state index contributed by atoms with van der Waals surface area (Å²) in [4.78, 5) is 12.3. The Morgan fingerprint density at radius 2 is 2.11 bits per heavy atom. The number of furan rings is 1. The summed E-state index contributed by atoms with van der Waals surface area (Å²) >= 11 is 0. The maximum Gasteiger partial charge on any atom is 0.276 e. The largest absolute Gasteiger partial charge is 0.463 e. The summed E-state index contributed by atoms with van der Waals surface area (Å²) in [5.41, 5.74) is 6.78. The molecule has 6 heteroatoms. The molecule has 0 aliphatic rings. The molecule has 2 N–H and O–H groups in total. The molecule has 0 radical (unpaired) electrons. The van der Waals surface area contributed by atoms with Gasteiger partial charge in [0, 0.05) is 12.4 Å². The van der Waals surface area contributed by atoms with Crippen molar-refractivity contribution in [2.45, 2.75) is 20.0 Å². The number of hydrogen-bond donors (Lipinski definition) is 1. The van der Waals surface area contributed by atoms with Gasteiger partial charge in [-0.15, -0.1) is 0 Å². The molecule has 0 fully saturated rings. The third-order valence-corrected chi connectivity index (χ3v) is 2.97. The highest BCUT2D eigenvalue weighted by Crippen LogP contribution is 2.08. The molecule has 0 saturated heterocycles. The second-order valence-corrected chi connectivity index (χ2v) is 4.42. The van der Waals surface area contributed by atoms with Gasteiger partial charge in [0.15, 0.2) is 0 Å². The zero-order valence-electron chi connectivity index (χ0n) is 10.5. The summed E-state index contributed by atoms with van der Waals surface area (Å²) in [6, 6.07) is 5.43. The smallest absolute Gasteiger partial charge is 0.276 e. The van der Waals surface area contributed by atoms with Crippen LogP contribution in [0.3, 0.4) is 0 Å². The molecule has 0 unspecified atom stereocenters. The van der Waals surface area contributed by atoms with Crippen molar-refractivity contribution >= 4 is 5.52 Å². The molecule has 0 aliphatic heterocycles. The van der Waals surface area contributed by atoms with Crippen LogP contribution in [0.15, 0.2) is 39.8 Å². The lowest BCUT2D eigenvalue weighted by Gasteiger charge is -2.03. The SMILES string of the molecule is Cc1cc2c(=O)n(Cc3ccc(CN)o3)ccn2n1. The first-order valence-corrected chi connectivity index (χ1v) is 6.00. The minimum atomic E-state index is -0.0891. The van der Waals surface area contributed by atoms with Crippen LogP contribution in [0.5, 0.6) is 0 Å². The van der Waals surface area contributed by atoms with Gasteiger partial charge in [0.2, 0.25) is 0 Å². The second kappa shape index (κ2) is 4.40. The Kier molecular flexibility index (Phi) is 2.72. The Morgan fingerprint density at radius 3 is 2.84 bits per heavy atom. The van der Waals surface area contributed by atoms with Crippen LogP contribution in [-0.2, 0) is 13.1 Å². The number of aromatic nitrogens is 3. The molecular weight excluding hydrogens is 244 g/mol. The summed E-state index contributed by atoms with van der Waals surface area (Å²) in [6.45, 7) is 2.60. The van der Waals surface area contributed by atoms with Crippen LogP contribution in [0.2, 0.25) is 0 Å². The minimum Gasteiger partial charge on any atom is -0.463 e. The van der Waals surface area contributed by atoms with E-state index in [0.717, 1.165) is 5.69 Å². The molecule has 0 bridgehead atoms. The van der Waals surface area contributed by atoms with E-state index >= 15 is 0 Å². The molecule has 98 valence electrons. The zero-order chi connectivity index (χ0) is 13.4. The summed E-state index contributed by atoms with van der Waals surface area (Å²) in [5.74, 6) is 1.42. The Bertz CT molecular complexity index is 781. The normalized spacial score (nSPS) is 11.3. The number of fused-ring (bicyclic) bond motifs is 1. The second-order valence-electron chi connectivity index (χ2n) is 4.42. The molecule has 0 spiro atoms. The zero-order valence-corrected chi connectivity index (χ0v) is 10.5. The first-order valence-electron chi connectivity index (χ1n) is 6.00. The highest BCUT2D eigenvalue weighted by Gasteiger charge is 2.07. The molecule has 0 aliphatic carbocycles. The van der Waals surface area contributed by atoms with E-state index in [-0.39, 0.29) is 5.56 Å². The lowest BCUT2D eigenvalue weighted by molar-refractivity contribution is 0.452. The molecule has 0 amide bonds. The Hall–Kier alpha value is -2.34. The number of nitrogens with two attached hydrogens (primary N) is 1. The van der Waals surface area contributed by atoms with Crippen molar-refractivity contribution in [1.29, 1.82) is 0 Å². The number of nitrogens with zero attached hydrogens (tertiary/aromatic N) is 3. The maximum absolute atomic E-state index is 12.3. The van der Waals surface area contributed by atoms with Gasteiger partial charge in [-0.25, -0.2) is 4.52 Å². The molecule has 6 nitrogen and oxygen atoms in total. The summed E-state index contributed by atoms with van der Waals surface area (Å²) < 4.78 is 8.68. The summed E-state index contributed by atoms with van der Waals surface area (Å²) in [7, 11) is 0. The lowest BCUT2D eigenvalue weighted by atomic mass is 10.4. The standard InChI is InChI=1S/C13H14N4O2/c1-9-6-12-13(18)16(4-5-17(12)15-9)8-11-3-2-10(7-14)19-11/h2-6H,7-8,14H2,1H3. The average molecular weight is 258 g/mol. The van der Waals surface area contributed by atoms with Gasteiger partial charge in [0.25, 0.3) is 5.56 Å². The topological polar surface area (TPSA) is 78.5 Å². The van der Waals surface area contributed by atoms with E-state index in [0.29, 0.717) is 30.1 Å². The quantitative estimate of drug-likeness (QED) is 0.757. The minimum absolute atomic E-state index is 0.0891. The Balaban J connectivity index is 2.00. The fraction of sp³-hybridized carbons (Fsp3) is 0.231. The molecule has 0 aromatic carbocycles. The Labute approximate surface area is 109 Å².